The monoisotopic (exact) mass is 333 g/mol. The Morgan fingerprint density at radius 1 is 1.12 bits per heavy atom. The maximum Gasteiger partial charge on any atom is 0.275 e. The highest BCUT2D eigenvalue weighted by molar-refractivity contribution is 7.15. The number of thiazole rings is 1. The highest BCUT2D eigenvalue weighted by atomic mass is 32.1. The second kappa shape index (κ2) is 4.52. The molecule has 0 fully saturated rings. The maximum atomic E-state index is 13.0. The number of hydrogen-bond donors (Lipinski definition) is 1. The third-order valence-electron chi connectivity index (χ3n) is 4.27. The summed E-state index contributed by atoms with van der Waals surface area (Å²) in [5.41, 5.74) is 4.37. The average molecular weight is 333 g/mol. The third-order valence-corrected chi connectivity index (χ3v) is 5.31. The Morgan fingerprint density at radius 3 is 2.83 bits per heavy atom. The molecule has 0 aliphatic carbocycles. The van der Waals surface area contributed by atoms with Gasteiger partial charge in [0, 0.05) is 11.3 Å². The first-order valence-electron chi connectivity index (χ1n) is 7.50. The second-order valence-electron chi connectivity index (χ2n) is 5.83. The number of benzene rings is 2. The number of aromatic nitrogens is 2. The molecule has 0 saturated heterocycles. The van der Waals surface area contributed by atoms with Gasteiger partial charge in [-0.2, -0.15) is 0 Å². The molecule has 116 valence electrons. The Morgan fingerprint density at radius 2 is 1.96 bits per heavy atom. The number of para-hydroxylation sites is 2. The molecule has 5 rings (SSSR count). The normalized spacial score (nSPS) is 16.0. The van der Waals surface area contributed by atoms with E-state index in [1.54, 1.807) is 4.40 Å². The Balaban J connectivity index is 1.95. The minimum absolute atomic E-state index is 0.191. The summed E-state index contributed by atoms with van der Waals surface area (Å²) in [5, 5.41) is 2.84. The van der Waals surface area contributed by atoms with Crippen molar-refractivity contribution >= 4 is 44.5 Å². The molecular weight excluding hydrogens is 322 g/mol. The van der Waals surface area contributed by atoms with Crippen LogP contribution in [0.3, 0.4) is 0 Å². The SMILES string of the molecule is Cc1ccc2c(c1)/C(=c1\sc3nc4ccccc4n3c1=O)C(=O)N2. The highest BCUT2D eigenvalue weighted by Crippen LogP contribution is 2.31. The van der Waals surface area contributed by atoms with Gasteiger partial charge < -0.3 is 5.32 Å². The number of anilines is 1. The van der Waals surface area contributed by atoms with Crippen LogP contribution < -0.4 is 15.4 Å². The van der Waals surface area contributed by atoms with Crippen LogP contribution in [0.2, 0.25) is 0 Å². The Bertz CT molecular complexity index is 1280. The summed E-state index contributed by atoms with van der Waals surface area (Å²) in [7, 11) is 0. The first kappa shape index (κ1) is 13.4. The third kappa shape index (κ3) is 1.66. The molecule has 2 aromatic carbocycles. The molecule has 1 amide bonds. The molecule has 0 atom stereocenters. The van der Waals surface area contributed by atoms with Crippen LogP contribution in [0, 0.1) is 6.92 Å². The van der Waals surface area contributed by atoms with Gasteiger partial charge in [-0.1, -0.05) is 35.1 Å². The van der Waals surface area contributed by atoms with Crippen molar-refractivity contribution in [2.75, 3.05) is 5.32 Å². The molecule has 1 aliphatic heterocycles. The standard InChI is InChI=1S/C18H11N3O2S/c1-9-6-7-11-10(8-9)14(16(22)19-11)15-17(23)21-13-5-3-2-4-12(13)20-18(21)24-15/h2-8H,1H3,(H,19,22)/b15-14+. The summed E-state index contributed by atoms with van der Waals surface area (Å²) >= 11 is 1.26. The first-order chi connectivity index (χ1) is 11.6. The lowest BCUT2D eigenvalue weighted by Gasteiger charge is -1.98. The number of fused-ring (bicyclic) bond motifs is 4. The zero-order valence-electron chi connectivity index (χ0n) is 12.7. The van der Waals surface area contributed by atoms with Crippen molar-refractivity contribution in [2.24, 2.45) is 0 Å². The van der Waals surface area contributed by atoms with E-state index in [0.717, 1.165) is 27.8 Å². The molecule has 2 aromatic heterocycles. The van der Waals surface area contributed by atoms with Gasteiger partial charge in [0.2, 0.25) is 0 Å². The number of hydrogen-bond acceptors (Lipinski definition) is 4. The van der Waals surface area contributed by atoms with Gasteiger partial charge in [0.1, 0.15) is 4.53 Å². The van der Waals surface area contributed by atoms with E-state index in [1.807, 2.05) is 49.4 Å². The topological polar surface area (TPSA) is 63.5 Å². The molecule has 0 saturated carbocycles. The predicted molar refractivity (Wildman–Crippen MR) is 94.4 cm³/mol. The summed E-state index contributed by atoms with van der Waals surface area (Å²) < 4.78 is 2.02. The predicted octanol–water partition coefficient (Wildman–Crippen LogP) is 2.09. The van der Waals surface area contributed by atoms with Gasteiger partial charge >= 0.3 is 0 Å². The fourth-order valence-corrected chi connectivity index (χ4v) is 4.25. The van der Waals surface area contributed by atoms with Crippen LogP contribution in [0.5, 0.6) is 0 Å². The molecule has 1 aliphatic rings. The largest absolute Gasteiger partial charge is 0.321 e. The van der Waals surface area contributed by atoms with Gasteiger partial charge in [0.05, 0.1) is 16.6 Å². The van der Waals surface area contributed by atoms with Crippen molar-refractivity contribution in [3.63, 3.8) is 0 Å². The van der Waals surface area contributed by atoms with Crippen molar-refractivity contribution < 1.29 is 4.79 Å². The molecule has 1 N–H and O–H groups in total. The van der Waals surface area contributed by atoms with E-state index in [0.29, 0.717) is 15.1 Å². The molecule has 0 radical (unpaired) electrons. The summed E-state index contributed by atoms with van der Waals surface area (Å²) in [5.74, 6) is -0.235. The van der Waals surface area contributed by atoms with Gasteiger partial charge in [0.25, 0.3) is 11.5 Å². The highest BCUT2D eigenvalue weighted by Gasteiger charge is 2.27. The number of aryl methyl sites for hydroxylation is 1. The maximum absolute atomic E-state index is 13.0. The van der Waals surface area contributed by atoms with Gasteiger partial charge in [-0.3, -0.25) is 9.59 Å². The van der Waals surface area contributed by atoms with Crippen molar-refractivity contribution in [3.05, 3.63) is 68.5 Å². The lowest BCUT2D eigenvalue weighted by atomic mass is 10.1. The molecular formula is C18H11N3O2S. The zero-order chi connectivity index (χ0) is 16.4. The van der Waals surface area contributed by atoms with Crippen LogP contribution >= 0.6 is 11.3 Å². The summed E-state index contributed by atoms with van der Waals surface area (Å²) in [6, 6.07) is 13.3. The molecule has 24 heavy (non-hydrogen) atoms. The molecule has 3 heterocycles. The van der Waals surface area contributed by atoms with E-state index in [9.17, 15) is 9.59 Å². The number of imidazole rings is 1. The van der Waals surface area contributed by atoms with Crippen LogP contribution in [0.4, 0.5) is 5.69 Å². The number of nitrogens with zero attached hydrogens (tertiary/aromatic N) is 2. The summed E-state index contributed by atoms with van der Waals surface area (Å²) in [6.45, 7) is 1.97. The van der Waals surface area contributed by atoms with E-state index in [4.69, 9.17) is 0 Å². The Kier molecular flexibility index (Phi) is 2.53. The number of amides is 1. The second-order valence-corrected chi connectivity index (χ2v) is 6.81. The van der Waals surface area contributed by atoms with Crippen molar-refractivity contribution in [1.29, 1.82) is 0 Å². The minimum atomic E-state index is -0.235. The van der Waals surface area contributed by atoms with E-state index in [-0.39, 0.29) is 11.5 Å². The minimum Gasteiger partial charge on any atom is -0.321 e. The van der Waals surface area contributed by atoms with Gasteiger partial charge in [-0.15, -0.1) is 0 Å². The number of nitrogens with one attached hydrogen (secondary N) is 1. The Labute approximate surface area is 139 Å². The van der Waals surface area contributed by atoms with Crippen molar-refractivity contribution in [1.82, 2.24) is 9.38 Å². The first-order valence-corrected chi connectivity index (χ1v) is 8.32. The Hall–Kier alpha value is -2.99. The fourth-order valence-electron chi connectivity index (χ4n) is 3.17. The molecule has 6 heteroatoms. The van der Waals surface area contributed by atoms with E-state index in [2.05, 4.69) is 10.3 Å². The van der Waals surface area contributed by atoms with Gasteiger partial charge in [0.15, 0.2) is 4.96 Å². The number of rotatable bonds is 0. The van der Waals surface area contributed by atoms with Crippen molar-refractivity contribution in [2.45, 2.75) is 6.92 Å². The quantitative estimate of drug-likeness (QED) is 0.536. The lowest BCUT2D eigenvalue weighted by molar-refractivity contribution is -0.110. The number of carbonyl (C=O) groups is 1. The smallest absolute Gasteiger partial charge is 0.275 e. The number of carbonyl (C=O) groups excluding carboxylic acids is 1. The summed E-state index contributed by atoms with van der Waals surface area (Å²) in [6.07, 6.45) is 0. The molecule has 0 unspecified atom stereocenters. The van der Waals surface area contributed by atoms with Crippen LogP contribution in [0.15, 0.2) is 47.3 Å². The fraction of sp³-hybridized carbons (Fsp3) is 0.0556. The van der Waals surface area contributed by atoms with Crippen LogP contribution in [0.25, 0.3) is 21.6 Å². The van der Waals surface area contributed by atoms with E-state index in [1.165, 1.54) is 11.3 Å². The van der Waals surface area contributed by atoms with Gasteiger partial charge in [-0.05, 0) is 31.2 Å². The van der Waals surface area contributed by atoms with E-state index < -0.39 is 0 Å². The average Bonchev–Trinajstić information content (AvgIpc) is 3.17. The van der Waals surface area contributed by atoms with E-state index >= 15 is 0 Å². The molecule has 0 bridgehead atoms. The zero-order valence-corrected chi connectivity index (χ0v) is 13.5. The van der Waals surface area contributed by atoms with Gasteiger partial charge in [-0.25, -0.2) is 9.38 Å². The lowest BCUT2D eigenvalue weighted by Crippen LogP contribution is -2.27. The van der Waals surface area contributed by atoms with Crippen LogP contribution in [-0.4, -0.2) is 15.3 Å². The van der Waals surface area contributed by atoms with Crippen LogP contribution in [0.1, 0.15) is 11.1 Å². The molecule has 0 spiro atoms. The van der Waals surface area contributed by atoms with Crippen molar-refractivity contribution in [3.8, 4) is 0 Å². The van der Waals surface area contributed by atoms with Crippen LogP contribution in [-0.2, 0) is 4.79 Å². The molecule has 4 aromatic rings. The summed E-state index contributed by atoms with van der Waals surface area (Å²) in [4.78, 5) is 30.5. The molecule has 5 nitrogen and oxygen atoms in total.